The third kappa shape index (κ3) is 6.85. The molecule has 1 aromatic heterocycles. The average molecular weight is 442 g/mol. The lowest BCUT2D eigenvalue weighted by molar-refractivity contribution is -0.113. The van der Waals surface area contributed by atoms with Crippen molar-refractivity contribution >= 4 is 29.3 Å². The molecule has 8 nitrogen and oxygen atoms in total. The molecule has 0 fully saturated rings. The highest BCUT2D eigenvalue weighted by Crippen LogP contribution is 2.19. The smallest absolute Gasteiger partial charge is 0.338 e. The first-order chi connectivity index (χ1) is 15.1. The minimum Gasteiger partial charge on any atom is -0.484 e. The normalized spacial score (nSPS) is 10.5. The van der Waals surface area contributed by atoms with Gasteiger partial charge in [0.1, 0.15) is 5.75 Å². The van der Waals surface area contributed by atoms with Gasteiger partial charge in [-0.05, 0) is 55.3 Å². The van der Waals surface area contributed by atoms with Crippen LogP contribution in [0.25, 0.3) is 0 Å². The number of esters is 1. The molecule has 0 atom stereocenters. The molecule has 3 aromatic rings. The summed E-state index contributed by atoms with van der Waals surface area (Å²) in [7, 11) is 0. The maximum atomic E-state index is 12.1. The van der Waals surface area contributed by atoms with Gasteiger partial charge in [-0.15, -0.1) is 10.2 Å². The topological polar surface area (TPSA) is 104 Å². The molecule has 1 heterocycles. The van der Waals surface area contributed by atoms with Crippen molar-refractivity contribution in [1.82, 2.24) is 10.2 Å². The average Bonchev–Trinajstić information content (AvgIpc) is 3.25. The van der Waals surface area contributed by atoms with Crippen molar-refractivity contribution in [3.63, 3.8) is 0 Å². The number of thioether (sulfide) groups is 1. The summed E-state index contributed by atoms with van der Waals surface area (Å²) in [5, 5.41) is 10.9. The van der Waals surface area contributed by atoms with Gasteiger partial charge in [0.15, 0.2) is 6.61 Å². The van der Waals surface area contributed by atoms with Gasteiger partial charge in [0, 0.05) is 5.69 Å². The lowest BCUT2D eigenvalue weighted by Crippen LogP contribution is -2.14. The van der Waals surface area contributed by atoms with Crippen LogP contribution in [0.5, 0.6) is 5.75 Å². The van der Waals surface area contributed by atoms with Crippen molar-refractivity contribution in [2.45, 2.75) is 32.1 Å². The van der Waals surface area contributed by atoms with E-state index in [4.69, 9.17) is 13.9 Å². The van der Waals surface area contributed by atoms with Crippen molar-refractivity contribution in [2.75, 3.05) is 17.7 Å². The van der Waals surface area contributed by atoms with Crippen molar-refractivity contribution in [2.24, 2.45) is 0 Å². The Labute approximate surface area is 184 Å². The van der Waals surface area contributed by atoms with Gasteiger partial charge in [-0.2, -0.15) is 0 Å². The van der Waals surface area contributed by atoms with Crippen LogP contribution in [0.3, 0.4) is 0 Å². The van der Waals surface area contributed by atoms with E-state index >= 15 is 0 Å². The molecular weight excluding hydrogens is 418 g/mol. The van der Waals surface area contributed by atoms with E-state index in [-0.39, 0.29) is 23.5 Å². The number of rotatable bonds is 10. The summed E-state index contributed by atoms with van der Waals surface area (Å²) < 4.78 is 16.1. The molecule has 3 rings (SSSR count). The summed E-state index contributed by atoms with van der Waals surface area (Å²) in [5.41, 5.74) is 2.24. The Kier molecular flexibility index (Phi) is 8.05. The molecule has 0 spiro atoms. The number of carbonyl (C=O) groups is 2. The summed E-state index contributed by atoms with van der Waals surface area (Å²) in [4.78, 5) is 23.8. The van der Waals surface area contributed by atoms with Gasteiger partial charge in [-0.1, -0.05) is 30.8 Å². The van der Waals surface area contributed by atoms with Gasteiger partial charge in [0.2, 0.25) is 5.91 Å². The van der Waals surface area contributed by atoms with Gasteiger partial charge in [0.05, 0.1) is 17.9 Å². The number of nitrogens with one attached hydrogen (secondary N) is 1. The molecule has 0 radical (unpaired) electrons. The van der Waals surface area contributed by atoms with E-state index in [2.05, 4.69) is 22.4 Å². The number of aromatic nitrogens is 2. The number of hydrogen-bond donors (Lipinski definition) is 1. The Balaban J connectivity index is 1.43. The van der Waals surface area contributed by atoms with Crippen LogP contribution in [-0.2, 0) is 22.6 Å². The van der Waals surface area contributed by atoms with E-state index in [1.807, 2.05) is 24.3 Å². The lowest BCUT2D eigenvalue weighted by Gasteiger charge is -2.06. The summed E-state index contributed by atoms with van der Waals surface area (Å²) in [6.45, 7) is 4.30. The first kappa shape index (κ1) is 22.4. The van der Waals surface area contributed by atoms with E-state index in [1.54, 1.807) is 31.2 Å². The zero-order valence-corrected chi connectivity index (χ0v) is 18.1. The van der Waals surface area contributed by atoms with Gasteiger partial charge in [-0.25, -0.2) is 4.79 Å². The molecule has 0 saturated carbocycles. The van der Waals surface area contributed by atoms with E-state index in [0.717, 1.165) is 23.9 Å². The zero-order chi connectivity index (χ0) is 22.1. The standard InChI is InChI=1S/C22H23N3O5S/c1-3-15-5-11-18(12-6-15)29-13-20-24-25-22(30-20)31-14-19(26)23-17-9-7-16(8-10-17)21(27)28-4-2/h5-12H,3-4,13-14H2,1-2H3,(H,23,26). The first-order valence-electron chi connectivity index (χ1n) is 9.81. The van der Waals surface area contributed by atoms with E-state index < -0.39 is 5.97 Å². The van der Waals surface area contributed by atoms with Gasteiger partial charge in [0.25, 0.3) is 11.1 Å². The fourth-order valence-corrected chi connectivity index (χ4v) is 3.13. The van der Waals surface area contributed by atoms with Crippen LogP contribution in [0.15, 0.2) is 58.2 Å². The predicted molar refractivity (Wildman–Crippen MR) is 116 cm³/mol. The van der Waals surface area contributed by atoms with Crippen LogP contribution in [0, 0.1) is 0 Å². The molecule has 0 aliphatic carbocycles. The Morgan fingerprint density at radius 2 is 1.77 bits per heavy atom. The molecule has 0 aliphatic heterocycles. The Morgan fingerprint density at radius 3 is 2.45 bits per heavy atom. The third-order valence-corrected chi connectivity index (χ3v) is 4.97. The Morgan fingerprint density at radius 1 is 1.03 bits per heavy atom. The van der Waals surface area contributed by atoms with Crippen molar-refractivity contribution < 1.29 is 23.5 Å². The molecule has 1 amide bonds. The number of aryl methyl sites for hydroxylation is 1. The van der Waals surface area contributed by atoms with Crippen LogP contribution < -0.4 is 10.1 Å². The van der Waals surface area contributed by atoms with Crippen LogP contribution in [0.4, 0.5) is 5.69 Å². The maximum absolute atomic E-state index is 12.1. The van der Waals surface area contributed by atoms with Gasteiger partial charge in [-0.3, -0.25) is 4.79 Å². The highest BCUT2D eigenvalue weighted by molar-refractivity contribution is 7.99. The minimum atomic E-state index is -0.398. The van der Waals surface area contributed by atoms with Crippen molar-refractivity contribution in [1.29, 1.82) is 0 Å². The van der Waals surface area contributed by atoms with Crippen LogP contribution >= 0.6 is 11.8 Å². The van der Waals surface area contributed by atoms with Gasteiger partial charge < -0.3 is 19.2 Å². The zero-order valence-electron chi connectivity index (χ0n) is 17.3. The summed E-state index contributed by atoms with van der Waals surface area (Å²) in [6.07, 6.45) is 0.969. The summed E-state index contributed by atoms with van der Waals surface area (Å²) in [5.74, 6) is 0.515. The molecule has 1 N–H and O–H groups in total. The summed E-state index contributed by atoms with van der Waals surface area (Å²) in [6, 6.07) is 14.3. The maximum Gasteiger partial charge on any atom is 0.338 e. The van der Waals surface area contributed by atoms with Gasteiger partial charge >= 0.3 is 5.97 Å². The number of benzene rings is 2. The number of nitrogens with zero attached hydrogens (tertiary/aromatic N) is 2. The lowest BCUT2D eigenvalue weighted by atomic mass is 10.2. The van der Waals surface area contributed by atoms with Crippen LogP contribution in [0.1, 0.15) is 35.7 Å². The second-order valence-corrected chi connectivity index (χ2v) is 7.31. The SMILES string of the molecule is CCOC(=O)c1ccc(NC(=O)CSc2nnc(COc3ccc(CC)cc3)o2)cc1. The quantitative estimate of drug-likeness (QED) is 0.370. The molecule has 162 valence electrons. The molecule has 31 heavy (non-hydrogen) atoms. The Hall–Kier alpha value is -3.33. The van der Waals surface area contributed by atoms with Crippen LogP contribution in [0.2, 0.25) is 0 Å². The Bertz CT molecular complexity index is 1000. The second-order valence-electron chi connectivity index (χ2n) is 6.38. The van der Waals surface area contributed by atoms with E-state index in [0.29, 0.717) is 23.7 Å². The molecule has 9 heteroatoms. The molecule has 2 aromatic carbocycles. The second kappa shape index (κ2) is 11.2. The number of ether oxygens (including phenoxy) is 2. The summed E-state index contributed by atoms with van der Waals surface area (Å²) >= 11 is 1.13. The molecule has 0 bridgehead atoms. The van der Waals surface area contributed by atoms with Crippen LogP contribution in [-0.4, -0.2) is 34.4 Å². The largest absolute Gasteiger partial charge is 0.484 e. The number of amides is 1. The number of hydrogen-bond acceptors (Lipinski definition) is 8. The fourth-order valence-electron chi connectivity index (χ4n) is 2.55. The van der Waals surface area contributed by atoms with Crippen molar-refractivity contribution in [3.05, 3.63) is 65.5 Å². The fraction of sp³-hybridized carbons (Fsp3) is 0.273. The number of anilines is 1. The third-order valence-electron chi connectivity index (χ3n) is 4.15. The van der Waals surface area contributed by atoms with Crippen molar-refractivity contribution in [3.8, 4) is 5.75 Å². The monoisotopic (exact) mass is 441 g/mol. The predicted octanol–water partition coefficient (Wildman–Crippen LogP) is 4.12. The molecule has 0 aliphatic rings. The highest BCUT2D eigenvalue weighted by Gasteiger charge is 2.11. The molecule has 0 unspecified atom stereocenters. The first-order valence-corrected chi connectivity index (χ1v) is 10.8. The van der Waals surface area contributed by atoms with E-state index in [9.17, 15) is 9.59 Å². The minimum absolute atomic E-state index is 0.0978. The number of carbonyl (C=O) groups excluding carboxylic acids is 2. The molecular formula is C22H23N3O5S. The molecule has 0 saturated heterocycles. The highest BCUT2D eigenvalue weighted by atomic mass is 32.2. The van der Waals surface area contributed by atoms with E-state index in [1.165, 1.54) is 5.56 Å².